The fraction of sp³-hybridized carbons (Fsp3) is 0.524. The van der Waals surface area contributed by atoms with Gasteiger partial charge >= 0.3 is 5.97 Å². The zero-order valence-electron chi connectivity index (χ0n) is 15.6. The van der Waals surface area contributed by atoms with Crippen LogP contribution in [0.25, 0.3) is 0 Å². The van der Waals surface area contributed by atoms with Gasteiger partial charge in [0.05, 0.1) is 13.3 Å². The summed E-state index contributed by atoms with van der Waals surface area (Å²) in [7, 11) is 0. The van der Waals surface area contributed by atoms with Gasteiger partial charge in [-0.05, 0) is 73.4 Å². The van der Waals surface area contributed by atoms with E-state index in [0.29, 0.717) is 17.8 Å². The van der Waals surface area contributed by atoms with Crippen molar-refractivity contribution in [3.63, 3.8) is 0 Å². The van der Waals surface area contributed by atoms with Gasteiger partial charge in [-0.3, -0.25) is 9.59 Å². The summed E-state index contributed by atoms with van der Waals surface area (Å²) in [4.78, 5) is 24.4. The third-order valence-electron chi connectivity index (χ3n) is 6.07. The summed E-state index contributed by atoms with van der Waals surface area (Å²) in [5, 5.41) is 14.2. The lowest BCUT2D eigenvalue weighted by atomic mass is 9.81. The predicted octanol–water partition coefficient (Wildman–Crippen LogP) is 5.75. The van der Waals surface area contributed by atoms with Gasteiger partial charge in [-0.25, -0.2) is 0 Å². The van der Waals surface area contributed by atoms with Crippen LogP contribution in [0.3, 0.4) is 0 Å². The first-order chi connectivity index (χ1) is 13.6. The van der Waals surface area contributed by atoms with Crippen LogP contribution in [0.4, 0.5) is 0 Å². The summed E-state index contributed by atoms with van der Waals surface area (Å²) < 4.78 is 2.38. The second-order valence-corrected chi connectivity index (χ2v) is 11.4. The van der Waals surface area contributed by atoms with Crippen LogP contribution in [0.2, 0.25) is 0 Å². The number of rotatable bonds is 9. The second-order valence-electron chi connectivity index (χ2n) is 7.79. The van der Waals surface area contributed by atoms with Crippen molar-refractivity contribution in [2.75, 3.05) is 0 Å². The number of fused-ring (bicyclic) bond motifs is 2. The van der Waals surface area contributed by atoms with Gasteiger partial charge in [0.2, 0.25) is 0 Å². The molecule has 0 aliphatic heterocycles. The monoisotopic (exact) mass is 435 g/mol. The van der Waals surface area contributed by atoms with Crippen molar-refractivity contribution in [3.05, 3.63) is 34.5 Å². The minimum absolute atomic E-state index is 0.0520. The maximum absolute atomic E-state index is 12.9. The van der Waals surface area contributed by atoms with Crippen molar-refractivity contribution >= 4 is 46.3 Å². The molecule has 0 radical (unpaired) electrons. The number of carboxylic acids is 1. The fourth-order valence-corrected chi connectivity index (χ4v) is 7.91. The second kappa shape index (κ2) is 9.01. The molecule has 4 rings (SSSR count). The Bertz CT molecular complexity index is 817. The number of amides is 1. The minimum atomic E-state index is -0.716. The number of hydrogen-bond donors (Lipinski definition) is 2. The van der Waals surface area contributed by atoms with Crippen molar-refractivity contribution in [1.29, 1.82) is 0 Å². The maximum atomic E-state index is 12.9. The third kappa shape index (κ3) is 4.63. The Hall–Kier alpha value is -1.31. The van der Waals surface area contributed by atoms with E-state index in [0.717, 1.165) is 28.3 Å². The van der Waals surface area contributed by atoms with Gasteiger partial charge < -0.3 is 10.4 Å². The summed E-state index contributed by atoms with van der Waals surface area (Å²) in [6.07, 6.45) is 6.65. The third-order valence-corrected chi connectivity index (χ3v) is 9.32. The molecule has 0 aromatic carbocycles. The van der Waals surface area contributed by atoms with E-state index in [-0.39, 0.29) is 18.4 Å². The number of carboxylic acid groups (broad SMARTS) is 1. The summed E-state index contributed by atoms with van der Waals surface area (Å²) in [5.74, 6) is 1.14. The molecule has 4 atom stereocenters. The van der Waals surface area contributed by atoms with Gasteiger partial charge in [-0.15, -0.1) is 22.7 Å². The highest BCUT2D eigenvalue weighted by molar-refractivity contribution is 8.02. The van der Waals surface area contributed by atoms with E-state index in [1.807, 2.05) is 18.2 Å². The molecule has 0 saturated heterocycles. The molecule has 2 saturated carbocycles. The lowest BCUT2D eigenvalue weighted by Gasteiger charge is -2.31. The smallest absolute Gasteiger partial charge is 0.303 e. The average molecular weight is 436 g/mol. The van der Waals surface area contributed by atoms with Gasteiger partial charge in [0.15, 0.2) is 0 Å². The topological polar surface area (TPSA) is 66.4 Å². The standard InChI is InChI=1S/C21H25NO3S3/c23-17(24)5-2-1-4-15-13-7-8-14(12-13)20(15)22-21(25)16-9-10-19(27-16)28-18-6-3-11-26-18/h3,6,9-11,13-15,20H,1-2,4-5,7-8,12H2,(H,22,25)(H,23,24). The molecule has 2 aromatic rings. The first-order valence-corrected chi connectivity index (χ1v) is 12.5. The van der Waals surface area contributed by atoms with Crippen molar-refractivity contribution in [1.82, 2.24) is 5.32 Å². The van der Waals surface area contributed by atoms with Crippen LogP contribution >= 0.6 is 34.4 Å². The van der Waals surface area contributed by atoms with Gasteiger partial charge in [0, 0.05) is 12.5 Å². The Balaban J connectivity index is 1.34. The molecule has 2 bridgehead atoms. The molecule has 2 aliphatic carbocycles. The molecule has 2 heterocycles. The Morgan fingerprint density at radius 3 is 2.79 bits per heavy atom. The predicted molar refractivity (Wildman–Crippen MR) is 114 cm³/mol. The van der Waals surface area contributed by atoms with E-state index in [4.69, 9.17) is 5.11 Å². The summed E-state index contributed by atoms with van der Waals surface area (Å²) >= 11 is 4.99. The molecule has 28 heavy (non-hydrogen) atoms. The van der Waals surface area contributed by atoms with Gasteiger partial charge in [-0.1, -0.05) is 24.2 Å². The zero-order valence-corrected chi connectivity index (χ0v) is 18.1. The Labute approximate surface area is 177 Å². The van der Waals surface area contributed by atoms with Crippen LogP contribution in [0, 0.1) is 17.8 Å². The molecular formula is C21H25NO3S3. The van der Waals surface area contributed by atoms with Crippen molar-refractivity contribution in [2.45, 2.75) is 59.4 Å². The van der Waals surface area contributed by atoms with Gasteiger partial charge in [0.25, 0.3) is 5.91 Å². The molecule has 2 aliphatic rings. The van der Waals surface area contributed by atoms with E-state index in [1.165, 1.54) is 23.5 Å². The highest BCUT2D eigenvalue weighted by Gasteiger charge is 2.47. The van der Waals surface area contributed by atoms with Crippen molar-refractivity contribution in [2.24, 2.45) is 17.8 Å². The first kappa shape index (κ1) is 20.0. The molecule has 4 unspecified atom stereocenters. The van der Waals surface area contributed by atoms with Crippen LogP contribution in [0.15, 0.2) is 38.1 Å². The molecular weight excluding hydrogens is 410 g/mol. The Kier molecular flexibility index (Phi) is 6.43. The fourth-order valence-electron chi connectivity index (χ4n) is 4.85. The van der Waals surface area contributed by atoms with E-state index >= 15 is 0 Å². The van der Waals surface area contributed by atoms with E-state index in [2.05, 4.69) is 16.8 Å². The first-order valence-electron chi connectivity index (χ1n) is 9.94. The number of thiophene rings is 2. The molecule has 4 nitrogen and oxygen atoms in total. The Morgan fingerprint density at radius 2 is 2.00 bits per heavy atom. The number of nitrogens with one attached hydrogen (secondary N) is 1. The quantitative estimate of drug-likeness (QED) is 0.492. The summed E-state index contributed by atoms with van der Waals surface area (Å²) in [6, 6.07) is 8.37. The minimum Gasteiger partial charge on any atom is -0.481 e. The normalized spacial score (nSPS) is 25.9. The van der Waals surface area contributed by atoms with E-state index in [1.54, 1.807) is 34.4 Å². The van der Waals surface area contributed by atoms with Crippen LogP contribution in [0.5, 0.6) is 0 Å². The molecule has 0 spiro atoms. The SMILES string of the molecule is O=C(O)CCCCC1C2CCC(C2)C1NC(=O)c1ccc(Sc2cccs2)s1. The maximum Gasteiger partial charge on any atom is 0.303 e. The van der Waals surface area contributed by atoms with Crippen LogP contribution in [-0.4, -0.2) is 23.0 Å². The van der Waals surface area contributed by atoms with Crippen LogP contribution in [-0.2, 0) is 4.79 Å². The summed E-state index contributed by atoms with van der Waals surface area (Å²) in [6.45, 7) is 0. The van der Waals surface area contributed by atoms with Gasteiger partial charge in [-0.2, -0.15) is 0 Å². The lowest BCUT2D eigenvalue weighted by molar-refractivity contribution is -0.137. The Morgan fingerprint density at radius 1 is 1.14 bits per heavy atom. The molecule has 150 valence electrons. The highest BCUT2D eigenvalue weighted by Crippen LogP contribution is 2.50. The molecule has 1 amide bonds. The largest absolute Gasteiger partial charge is 0.481 e. The van der Waals surface area contributed by atoms with Crippen molar-refractivity contribution < 1.29 is 14.7 Å². The molecule has 2 fully saturated rings. The average Bonchev–Trinajstić information content (AvgIpc) is 3.45. The molecule has 2 aromatic heterocycles. The van der Waals surface area contributed by atoms with Crippen LogP contribution < -0.4 is 5.32 Å². The van der Waals surface area contributed by atoms with E-state index in [9.17, 15) is 9.59 Å². The van der Waals surface area contributed by atoms with E-state index < -0.39 is 5.97 Å². The molecule has 2 N–H and O–H groups in total. The number of hydrogen-bond acceptors (Lipinski definition) is 5. The van der Waals surface area contributed by atoms with Crippen molar-refractivity contribution in [3.8, 4) is 0 Å². The number of aliphatic carboxylic acids is 1. The lowest BCUT2D eigenvalue weighted by Crippen LogP contribution is -2.43. The zero-order chi connectivity index (χ0) is 19.5. The van der Waals surface area contributed by atoms with Gasteiger partial charge in [0.1, 0.15) is 0 Å². The number of unbranched alkanes of at least 4 members (excludes halogenated alkanes) is 1. The molecule has 7 heteroatoms. The number of carbonyl (C=O) groups is 2. The summed E-state index contributed by atoms with van der Waals surface area (Å²) in [5.41, 5.74) is 0. The number of carbonyl (C=O) groups excluding carboxylic acids is 1. The highest BCUT2D eigenvalue weighted by atomic mass is 32.2. The van der Waals surface area contributed by atoms with Crippen LogP contribution in [0.1, 0.15) is 54.6 Å².